The zero-order valence-electron chi connectivity index (χ0n) is 10.5. The van der Waals surface area contributed by atoms with Crippen LogP contribution in [0.3, 0.4) is 0 Å². The summed E-state index contributed by atoms with van der Waals surface area (Å²) in [5.41, 5.74) is 0. The number of ether oxygens (including phenoxy) is 4. The van der Waals surface area contributed by atoms with Crippen molar-refractivity contribution < 1.29 is 34.0 Å². The minimum atomic E-state index is -1.15. The summed E-state index contributed by atoms with van der Waals surface area (Å²) < 4.78 is 21.3. The summed E-state index contributed by atoms with van der Waals surface area (Å²) in [7, 11) is 1.39. The first-order chi connectivity index (χ1) is 8.39. The fraction of sp³-hybridized carbons (Fsp3) is 0.909. The quantitative estimate of drug-likeness (QED) is 0.617. The molecule has 0 saturated carbocycles. The van der Waals surface area contributed by atoms with Crippen LogP contribution >= 0.6 is 0 Å². The zero-order chi connectivity index (χ0) is 13.5. The van der Waals surface area contributed by atoms with Crippen molar-refractivity contribution in [3.8, 4) is 0 Å². The average molecular weight is 262 g/mol. The van der Waals surface area contributed by atoms with Crippen LogP contribution in [-0.4, -0.2) is 66.2 Å². The first kappa shape index (κ1) is 13.7. The average Bonchev–Trinajstić information content (AvgIpc) is 2.61. The van der Waals surface area contributed by atoms with Gasteiger partial charge in [0, 0.05) is 7.11 Å². The van der Waals surface area contributed by atoms with Gasteiger partial charge in [-0.05, 0) is 13.8 Å². The molecule has 0 aromatic heterocycles. The summed E-state index contributed by atoms with van der Waals surface area (Å²) in [5, 5.41) is 18.8. The normalized spacial score (nSPS) is 40.2. The summed E-state index contributed by atoms with van der Waals surface area (Å²) in [4.78, 5) is 11.6. The van der Waals surface area contributed by atoms with Crippen molar-refractivity contribution >= 4 is 5.97 Å². The molecule has 7 nitrogen and oxygen atoms in total. The Morgan fingerprint density at radius 3 is 2.61 bits per heavy atom. The number of aliphatic hydroxyl groups is 2. The van der Waals surface area contributed by atoms with Crippen molar-refractivity contribution in [2.24, 2.45) is 0 Å². The molecule has 7 heteroatoms. The maximum Gasteiger partial charge on any atom is 0.338 e. The van der Waals surface area contributed by atoms with Crippen LogP contribution in [0.1, 0.15) is 13.8 Å². The van der Waals surface area contributed by atoms with Crippen molar-refractivity contribution in [3.05, 3.63) is 0 Å². The number of esters is 1. The lowest BCUT2D eigenvalue weighted by molar-refractivity contribution is -0.341. The minimum absolute atomic E-state index is 0.487. The summed E-state index contributed by atoms with van der Waals surface area (Å²) in [6.45, 7) is 2.84. The Morgan fingerprint density at radius 1 is 1.39 bits per heavy atom. The third kappa shape index (κ3) is 2.24. The highest BCUT2D eigenvalue weighted by atomic mass is 16.8. The van der Waals surface area contributed by atoms with Gasteiger partial charge in [-0.15, -0.1) is 0 Å². The molecule has 5 atom stereocenters. The molecule has 2 aliphatic heterocycles. The van der Waals surface area contributed by atoms with Gasteiger partial charge in [0.2, 0.25) is 0 Å². The number of carbonyl (C=O) groups excluding carboxylic acids is 1. The van der Waals surface area contributed by atoms with Gasteiger partial charge in [0.05, 0.1) is 6.61 Å². The summed E-state index contributed by atoms with van der Waals surface area (Å²) >= 11 is 0. The Morgan fingerprint density at radius 2 is 2.06 bits per heavy atom. The van der Waals surface area contributed by atoms with Gasteiger partial charge in [-0.25, -0.2) is 4.79 Å². The summed E-state index contributed by atoms with van der Waals surface area (Å²) in [6, 6.07) is 0. The second-order valence-electron chi connectivity index (χ2n) is 4.87. The van der Waals surface area contributed by atoms with Crippen LogP contribution in [0.15, 0.2) is 0 Å². The lowest BCUT2D eigenvalue weighted by Crippen LogP contribution is -2.59. The molecule has 2 N–H and O–H groups in total. The van der Waals surface area contributed by atoms with Crippen molar-refractivity contribution in [3.63, 3.8) is 0 Å². The smallest absolute Gasteiger partial charge is 0.338 e. The highest BCUT2D eigenvalue weighted by Crippen LogP contribution is 2.36. The standard InChI is InChI=1S/C11H18O7/c1-11(2)17-6(5(13)4-12)7-8(18-11)9(15-3)10(14)16-7/h5-9,12-13H,4H2,1-3H3/t5-,6-,7?,8-,9-/m1/s1. The molecule has 2 heterocycles. The molecular formula is C11H18O7. The summed E-state index contributed by atoms with van der Waals surface area (Å²) in [6.07, 6.45) is -4.27. The number of carbonyl (C=O) groups is 1. The molecule has 0 amide bonds. The van der Waals surface area contributed by atoms with Gasteiger partial charge < -0.3 is 29.2 Å². The lowest BCUT2D eigenvalue weighted by Gasteiger charge is -2.43. The van der Waals surface area contributed by atoms with E-state index >= 15 is 0 Å². The van der Waals surface area contributed by atoms with E-state index in [1.54, 1.807) is 13.8 Å². The first-order valence-electron chi connectivity index (χ1n) is 5.77. The molecule has 18 heavy (non-hydrogen) atoms. The molecule has 2 fully saturated rings. The van der Waals surface area contributed by atoms with Crippen molar-refractivity contribution in [2.45, 2.75) is 50.2 Å². The molecule has 0 aromatic rings. The van der Waals surface area contributed by atoms with Crippen LogP contribution < -0.4 is 0 Å². The highest BCUT2D eigenvalue weighted by Gasteiger charge is 2.57. The predicted molar refractivity (Wildman–Crippen MR) is 57.6 cm³/mol. The predicted octanol–water partition coefficient (Wildman–Crippen LogP) is -1.20. The van der Waals surface area contributed by atoms with Crippen LogP contribution in [0.4, 0.5) is 0 Å². The number of fused-ring (bicyclic) bond motifs is 1. The van der Waals surface area contributed by atoms with Crippen molar-refractivity contribution in [1.82, 2.24) is 0 Å². The largest absolute Gasteiger partial charge is 0.455 e. The van der Waals surface area contributed by atoms with E-state index in [1.807, 2.05) is 0 Å². The molecule has 0 aliphatic carbocycles. The van der Waals surface area contributed by atoms with Crippen LogP contribution in [-0.2, 0) is 23.7 Å². The second kappa shape index (κ2) is 4.75. The Balaban J connectivity index is 2.25. The van der Waals surface area contributed by atoms with Crippen LogP contribution in [0, 0.1) is 0 Å². The van der Waals surface area contributed by atoms with E-state index < -0.39 is 48.9 Å². The topological polar surface area (TPSA) is 94.5 Å². The fourth-order valence-corrected chi connectivity index (χ4v) is 2.34. The van der Waals surface area contributed by atoms with Gasteiger partial charge >= 0.3 is 5.97 Å². The van der Waals surface area contributed by atoms with Crippen LogP contribution in [0.2, 0.25) is 0 Å². The molecule has 104 valence electrons. The number of rotatable bonds is 3. The zero-order valence-corrected chi connectivity index (χ0v) is 10.5. The van der Waals surface area contributed by atoms with E-state index in [9.17, 15) is 9.90 Å². The maximum atomic E-state index is 11.6. The lowest BCUT2D eigenvalue weighted by atomic mass is 9.99. The number of methoxy groups -OCH3 is 1. The molecule has 1 unspecified atom stereocenters. The van der Waals surface area contributed by atoms with E-state index in [4.69, 9.17) is 24.1 Å². The molecule has 0 spiro atoms. The van der Waals surface area contributed by atoms with E-state index in [0.29, 0.717) is 0 Å². The van der Waals surface area contributed by atoms with Gasteiger partial charge in [-0.2, -0.15) is 0 Å². The van der Waals surface area contributed by atoms with Crippen molar-refractivity contribution in [1.29, 1.82) is 0 Å². The van der Waals surface area contributed by atoms with Crippen molar-refractivity contribution in [2.75, 3.05) is 13.7 Å². The third-order valence-electron chi connectivity index (χ3n) is 3.09. The number of hydrogen-bond donors (Lipinski definition) is 2. The Kier molecular flexibility index (Phi) is 3.61. The SMILES string of the molecule is CO[C@H]1C(=O)OC2[C@H]1OC(C)(C)O[C@@H]2[C@H](O)CO. The fourth-order valence-electron chi connectivity index (χ4n) is 2.34. The van der Waals surface area contributed by atoms with Gasteiger partial charge in [-0.1, -0.05) is 0 Å². The van der Waals surface area contributed by atoms with Gasteiger partial charge in [-0.3, -0.25) is 0 Å². The molecule has 2 saturated heterocycles. The number of aliphatic hydroxyl groups excluding tert-OH is 2. The first-order valence-corrected chi connectivity index (χ1v) is 5.77. The van der Waals surface area contributed by atoms with E-state index in [0.717, 1.165) is 0 Å². The van der Waals surface area contributed by atoms with E-state index in [-0.39, 0.29) is 0 Å². The minimum Gasteiger partial charge on any atom is -0.455 e. The van der Waals surface area contributed by atoms with Crippen LogP contribution in [0.25, 0.3) is 0 Å². The summed E-state index contributed by atoms with van der Waals surface area (Å²) in [5.74, 6) is -1.55. The Hall–Kier alpha value is -0.730. The highest BCUT2D eigenvalue weighted by molar-refractivity contribution is 5.78. The Labute approximate surface area is 105 Å². The molecule has 2 rings (SSSR count). The van der Waals surface area contributed by atoms with Gasteiger partial charge in [0.15, 0.2) is 18.0 Å². The van der Waals surface area contributed by atoms with Gasteiger partial charge in [0.25, 0.3) is 0 Å². The molecule has 0 bridgehead atoms. The molecule has 0 radical (unpaired) electrons. The number of hydrogen-bond acceptors (Lipinski definition) is 7. The van der Waals surface area contributed by atoms with E-state index in [1.165, 1.54) is 7.11 Å². The van der Waals surface area contributed by atoms with Gasteiger partial charge in [0.1, 0.15) is 18.3 Å². The second-order valence-corrected chi connectivity index (χ2v) is 4.87. The van der Waals surface area contributed by atoms with E-state index in [2.05, 4.69) is 0 Å². The molecule has 0 aromatic carbocycles. The van der Waals surface area contributed by atoms with Crippen LogP contribution in [0.5, 0.6) is 0 Å². The maximum absolute atomic E-state index is 11.6. The molecule has 2 aliphatic rings. The third-order valence-corrected chi connectivity index (χ3v) is 3.09. The Bertz CT molecular complexity index is 329. The monoisotopic (exact) mass is 262 g/mol. The molecular weight excluding hydrogens is 244 g/mol.